The first kappa shape index (κ1) is 16.7. The highest BCUT2D eigenvalue weighted by Gasteiger charge is 2.15. The second-order valence-electron chi connectivity index (χ2n) is 4.08. The van der Waals surface area contributed by atoms with Crippen LogP contribution in [0.4, 0.5) is 5.13 Å². The number of carbonyl (C=O) groups is 1. The van der Waals surface area contributed by atoms with Crippen molar-refractivity contribution < 1.29 is 17.9 Å². The number of rotatable bonds is 7. The second kappa shape index (κ2) is 7.56. The van der Waals surface area contributed by atoms with Gasteiger partial charge in [0.15, 0.2) is 4.34 Å². The zero-order valence-corrected chi connectivity index (χ0v) is 14.0. The zero-order chi connectivity index (χ0) is 16.0. The topological polar surface area (TPSA) is 98.2 Å². The summed E-state index contributed by atoms with van der Waals surface area (Å²) in [5.41, 5.74) is 0.680. The molecule has 0 aliphatic rings. The van der Waals surface area contributed by atoms with E-state index in [4.69, 9.17) is 0 Å². The van der Waals surface area contributed by atoms with Crippen molar-refractivity contribution in [1.82, 2.24) is 10.2 Å². The van der Waals surface area contributed by atoms with E-state index in [1.54, 1.807) is 24.3 Å². The predicted octanol–water partition coefficient (Wildman–Crippen LogP) is 1.75. The van der Waals surface area contributed by atoms with Crippen molar-refractivity contribution in [2.75, 3.05) is 17.6 Å². The Morgan fingerprint density at radius 3 is 2.73 bits per heavy atom. The lowest BCUT2D eigenvalue weighted by Gasteiger charge is -2.04. The summed E-state index contributed by atoms with van der Waals surface area (Å²) >= 11 is 2.20. The second-order valence-corrected chi connectivity index (χ2v) is 8.01. The minimum atomic E-state index is -3.55. The van der Waals surface area contributed by atoms with Crippen LogP contribution in [0.1, 0.15) is 5.56 Å². The van der Waals surface area contributed by atoms with E-state index in [0.29, 0.717) is 9.90 Å². The summed E-state index contributed by atoms with van der Waals surface area (Å²) in [5, 5.41) is 7.73. The van der Waals surface area contributed by atoms with Crippen LogP contribution in [0.15, 0.2) is 34.7 Å². The molecule has 1 aromatic carbocycles. The molecule has 1 N–H and O–H groups in total. The average molecular weight is 359 g/mol. The molecule has 1 heterocycles. The Kier molecular flexibility index (Phi) is 5.75. The number of anilines is 1. The number of thioether (sulfide) groups is 1. The highest BCUT2D eigenvalue weighted by molar-refractivity contribution is 8.01. The van der Waals surface area contributed by atoms with Crippen LogP contribution < -0.4 is 4.72 Å². The van der Waals surface area contributed by atoms with Crippen molar-refractivity contribution in [3.63, 3.8) is 0 Å². The number of hydrogen-bond acceptors (Lipinski definition) is 8. The molecule has 7 nitrogen and oxygen atoms in total. The molecule has 0 spiro atoms. The van der Waals surface area contributed by atoms with Gasteiger partial charge in [-0.3, -0.25) is 9.52 Å². The van der Waals surface area contributed by atoms with Gasteiger partial charge in [0, 0.05) is 0 Å². The molecule has 0 amide bonds. The lowest BCUT2D eigenvalue weighted by molar-refractivity contribution is -0.137. The summed E-state index contributed by atoms with van der Waals surface area (Å²) in [5.74, 6) is -0.425. The summed E-state index contributed by atoms with van der Waals surface area (Å²) in [4.78, 5) is 11.0. The molecule has 22 heavy (non-hydrogen) atoms. The molecule has 1 aromatic heterocycles. The van der Waals surface area contributed by atoms with Gasteiger partial charge in [-0.1, -0.05) is 53.4 Å². The molecule has 0 saturated carbocycles. The van der Waals surface area contributed by atoms with Crippen LogP contribution in [-0.2, 0) is 25.3 Å². The maximum Gasteiger partial charge on any atom is 0.316 e. The molecular formula is C12H13N3O4S3. The van der Waals surface area contributed by atoms with Crippen molar-refractivity contribution >= 4 is 44.2 Å². The first-order valence-electron chi connectivity index (χ1n) is 6.06. The van der Waals surface area contributed by atoms with Gasteiger partial charge in [-0.25, -0.2) is 8.42 Å². The van der Waals surface area contributed by atoms with E-state index in [1.807, 2.05) is 6.07 Å². The van der Waals surface area contributed by atoms with Gasteiger partial charge in [0.2, 0.25) is 15.2 Å². The molecule has 0 unspecified atom stereocenters. The molecule has 2 aromatic rings. The Morgan fingerprint density at radius 2 is 2.05 bits per heavy atom. The fourth-order valence-electron chi connectivity index (χ4n) is 1.45. The fourth-order valence-corrected chi connectivity index (χ4v) is 4.45. The number of sulfonamides is 1. The van der Waals surface area contributed by atoms with Crippen LogP contribution in [0.5, 0.6) is 0 Å². The van der Waals surface area contributed by atoms with Crippen molar-refractivity contribution in [1.29, 1.82) is 0 Å². The number of esters is 1. The van der Waals surface area contributed by atoms with Crippen LogP contribution >= 0.6 is 23.1 Å². The van der Waals surface area contributed by atoms with Gasteiger partial charge in [-0.15, -0.1) is 10.2 Å². The van der Waals surface area contributed by atoms with E-state index in [0.717, 1.165) is 23.1 Å². The van der Waals surface area contributed by atoms with Crippen molar-refractivity contribution in [2.24, 2.45) is 0 Å². The Balaban J connectivity index is 1.95. The minimum Gasteiger partial charge on any atom is -0.468 e. The molecule has 0 atom stereocenters. The molecule has 0 saturated heterocycles. The summed E-state index contributed by atoms with van der Waals surface area (Å²) in [7, 11) is -2.26. The molecule has 10 heteroatoms. The maximum absolute atomic E-state index is 12.0. The van der Waals surface area contributed by atoms with Gasteiger partial charge in [0.25, 0.3) is 0 Å². The van der Waals surface area contributed by atoms with Gasteiger partial charge in [-0.2, -0.15) is 0 Å². The first-order chi connectivity index (χ1) is 10.5. The Hall–Kier alpha value is -1.65. The van der Waals surface area contributed by atoms with Crippen LogP contribution in [0.2, 0.25) is 0 Å². The average Bonchev–Trinajstić information content (AvgIpc) is 2.92. The van der Waals surface area contributed by atoms with Crippen LogP contribution in [-0.4, -0.2) is 37.4 Å². The van der Waals surface area contributed by atoms with Gasteiger partial charge in [0.1, 0.15) is 0 Å². The van der Waals surface area contributed by atoms with E-state index in [9.17, 15) is 13.2 Å². The van der Waals surface area contributed by atoms with Gasteiger partial charge in [-0.05, 0) is 5.56 Å². The Bertz CT molecular complexity index is 731. The fraction of sp³-hybridized carbons (Fsp3) is 0.250. The van der Waals surface area contributed by atoms with Gasteiger partial charge >= 0.3 is 5.97 Å². The van der Waals surface area contributed by atoms with Crippen molar-refractivity contribution in [3.8, 4) is 0 Å². The van der Waals surface area contributed by atoms with Crippen molar-refractivity contribution in [3.05, 3.63) is 35.9 Å². The zero-order valence-electron chi connectivity index (χ0n) is 11.6. The van der Waals surface area contributed by atoms with Crippen molar-refractivity contribution in [2.45, 2.75) is 10.1 Å². The molecule has 0 fully saturated rings. The number of ether oxygens (including phenoxy) is 1. The minimum absolute atomic E-state index is 0.0991. The van der Waals surface area contributed by atoms with Crippen LogP contribution in [0.25, 0.3) is 0 Å². The van der Waals surface area contributed by atoms with E-state index in [1.165, 1.54) is 7.11 Å². The number of carbonyl (C=O) groups excluding carboxylic acids is 1. The molecule has 2 rings (SSSR count). The number of nitrogens with zero attached hydrogens (tertiary/aromatic N) is 2. The number of nitrogens with one attached hydrogen (secondary N) is 1. The molecular weight excluding hydrogens is 346 g/mol. The maximum atomic E-state index is 12.0. The molecule has 0 aliphatic heterocycles. The summed E-state index contributed by atoms with van der Waals surface area (Å²) in [6.45, 7) is 0. The summed E-state index contributed by atoms with van der Waals surface area (Å²) in [6, 6.07) is 8.84. The van der Waals surface area contributed by atoms with E-state index >= 15 is 0 Å². The van der Waals surface area contributed by atoms with E-state index in [2.05, 4.69) is 19.7 Å². The number of benzene rings is 1. The van der Waals surface area contributed by atoms with Crippen LogP contribution in [0, 0.1) is 0 Å². The Labute approximate surface area is 136 Å². The summed E-state index contributed by atoms with van der Waals surface area (Å²) in [6.07, 6.45) is 0. The third-order valence-electron chi connectivity index (χ3n) is 2.39. The number of hydrogen-bond donors (Lipinski definition) is 1. The molecule has 0 radical (unpaired) electrons. The monoisotopic (exact) mass is 359 g/mol. The molecule has 0 aliphatic carbocycles. The third-order valence-corrected chi connectivity index (χ3v) is 5.68. The smallest absolute Gasteiger partial charge is 0.316 e. The lowest BCUT2D eigenvalue weighted by Crippen LogP contribution is -2.14. The van der Waals surface area contributed by atoms with Crippen LogP contribution in [0.3, 0.4) is 0 Å². The van der Waals surface area contributed by atoms with E-state index in [-0.39, 0.29) is 22.6 Å². The quantitative estimate of drug-likeness (QED) is 0.594. The number of methoxy groups -OCH3 is 1. The standard InChI is InChI=1S/C12H13N3O4S3/c1-19-10(16)7-20-12-14-13-11(21-12)15-22(17,18)8-9-5-3-2-4-6-9/h2-6H,7-8H2,1H3,(H,13,15). The summed E-state index contributed by atoms with van der Waals surface area (Å²) < 4.78 is 31.5. The normalized spacial score (nSPS) is 11.1. The Morgan fingerprint density at radius 1 is 1.32 bits per heavy atom. The highest BCUT2D eigenvalue weighted by atomic mass is 32.2. The lowest BCUT2D eigenvalue weighted by atomic mass is 10.2. The largest absolute Gasteiger partial charge is 0.468 e. The first-order valence-corrected chi connectivity index (χ1v) is 9.51. The SMILES string of the molecule is COC(=O)CSc1nnc(NS(=O)(=O)Cc2ccccc2)s1. The van der Waals surface area contributed by atoms with E-state index < -0.39 is 10.0 Å². The number of aromatic nitrogens is 2. The van der Waals surface area contributed by atoms with Gasteiger partial charge < -0.3 is 4.74 Å². The predicted molar refractivity (Wildman–Crippen MR) is 85.3 cm³/mol. The molecule has 0 bridgehead atoms. The third kappa shape index (κ3) is 5.28. The highest BCUT2D eigenvalue weighted by Crippen LogP contribution is 2.26. The molecule has 118 valence electrons. The van der Waals surface area contributed by atoms with Gasteiger partial charge in [0.05, 0.1) is 18.6 Å².